The minimum Gasteiger partial charge on any atom is -0.478 e. The zero-order valence-electron chi connectivity index (χ0n) is 11.3. The van der Waals surface area contributed by atoms with E-state index in [0.717, 1.165) is 12.3 Å². The van der Waals surface area contributed by atoms with Crippen LogP contribution in [0.4, 0.5) is 14.5 Å². The SMILES string of the molecule is CS(=O)(=O)C1CCCC1Nc1cc(C(=O)O)c(F)cc1F. The molecule has 1 aliphatic carbocycles. The summed E-state index contributed by atoms with van der Waals surface area (Å²) in [5, 5.41) is 10.9. The smallest absolute Gasteiger partial charge is 0.338 e. The van der Waals surface area contributed by atoms with Crippen molar-refractivity contribution >= 4 is 21.5 Å². The van der Waals surface area contributed by atoms with Gasteiger partial charge in [0.1, 0.15) is 11.6 Å². The maximum Gasteiger partial charge on any atom is 0.338 e. The summed E-state index contributed by atoms with van der Waals surface area (Å²) in [4.78, 5) is 10.9. The summed E-state index contributed by atoms with van der Waals surface area (Å²) >= 11 is 0. The van der Waals surface area contributed by atoms with Crippen LogP contribution in [-0.4, -0.2) is 37.0 Å². The van der Waals surface area contributed by atoms with Crippen molar-refractivity contribution in [2.75, 3.05) is 11.6 Å². The molecule has 2 atom stereocenters. The molecular formula is C13H15F2NO4S. The Bertz CT molecular complexity index is 675. The number of nitrogens with one attached hydrogen (secondary N) is 1. The van der Waals surface area contributed by atoms with Crippen LogP contribution in [0.25, 0.3) is 0 Å². The number of halogens is 2. The number of carboxylic acid groups (broad SMARTS) is 1. The average molecular weight is 319 g/mol. The normalized spacial score (nSPS) is 22.2. The van der Waals surface area contributed by atoms with Gasteiger partial charge in [-0.15, -0.1) is 0 Å². The number of anilines is 1. The predicted molar refractivity (Wildman–Crippen MR) is 73.2 cm³/mol. The van der Waals surface area contributed by atoms with E-state index in [0.29, 0.717) is 25.3 Å². The Morgan fingerprint density at radius 1 is 1.29 bits per heavy atom. The molecule has 1 saturated carbocycles. The highest BCUT2D eigenvalue weighted by atomic mass is 32.2. The third-order valence-corrected chi connectivity index (χ3v) is 5.29. The van der Waals surface area contributed by atoms with Gasteiger partial charge in [-0.2, -0.15) is 0 Å². The molecular weight excluding hydrogens is 304 g/mol. The van der Waals surface area contributed by atoms with E-state index in [1.54, 1.807) is 0 Å². The molecule has 0 heterocycles. The second kappa shape index (κ2) is 5.59. The lowest BCUT2D eigenvalue weighted by Gasteiger charge is -2.21. The molecule has 0 saturated heterocycles. The highest BCUT2D eigenvalue weighted by Gasteiger charge is 2.35. The van der Waals surface area contributed by atoms with E-state index in [-0.39, 0.29) is 5.69 Å². The molecule has 0 radical (unpaired) electrons. The van der Waals surface area contributed by atoms with Gasteiger partial charge in [0.2, 0.25) is 0 Å². The third kappa shape index (κ3) is 3.31. The standard InChI is InChI=1S/C13H15F2NO4S/c1-21(19,20)12-4-2-3-10(12)16-11-5-7(13(17)18)8(14)6-9(11)15/h5-6,10,12,16H,2-4H2,1H3,(H,17,18). The molecule has 0 amide bonds. The Morgan fingerprint density at radius 2 is 1.95 bits per heavy atom. The van der Waals surface area contributed by atoms with Gasteiger partial charge < -0.3 is 10.4 Å². The van der Waals surface area contributed by atoms with Gasteiger partial charge in [0.05, 0.1) is 16.5 Å². The minimum absolute atomic E-state index is 0.200. The van der Waals surface area contributed by atoms with Crippen LogP contribution in [0.5, 0.6) is 0 Å². The van der Waals surface area contributed by atoms with Crippen LogP contribution in [0.2, 0.25) is 0 Å². The van der Waals surface area contributed by atoms with Crippen LogP contribution < -0.4 is 5.32 Å². The number of rotatable bonds is 4. The zero-order chi connectivity index (χ0) is 15.8. The van der Waals surface area contributed by atoms with Gasteiger partial charge >= 0.3 is 5.97 Å². The number of hydrogen-bond donors (Lipinski definition) is 2. The van der Waals surface area contributed by atoms with E-state index in [9.17, 15) is 22.0 Å². The topological polar surface area (TPSA) is 83.5 Å². The quantitative estimate of drug-likeness (QED) is 0.887. The summed E-state index contributed by atoms with van der Waals surface area (Å²) < 4.78 is 50.4. The van der Waals surface area contributed by atoms with Gasteiger partial charge in [-0.25, -0.2) is 22.0 Å². The summed E-state index contributed by atoms with van der Waals surface area (Å²) in [5.74, 6) is -3.63. The van der Waals surface area contributed by atoms with Crippen LogP contribution in [0, 0.1) is 11.6 Å². The van der Waals surface area contributed by atoms with E-state index < -0.39 is 44.3 Å². The number of benzene rings is 1. The van der Waals surface area contributed by atoms with Crippen molar-refractivity contribution in [3.05, 3.63) is 29.3 Å². The van der Waals surface area contributed by atoms with E-state index in [2.05, 4.69) is 5.32 Å². The first-order chi connectivity index (χ1) is 9.70. The second-order valence-corrected chi connectivity index (χ2v) is 7.43. The monoisotopic (exact) mass is 319 g/mol. The maximum absolute atomic E-state index is 13.7. The van der Waals surface area contributed by atoms with E-state index >= 15 is 0 Å². The van der Waals surface area contributed by atoms with Crippen LogP contribution >= 0.6 is 0 Å². The van der Waals surface area contributed by atoms with Gasteiger partial charge in [0.15, 0.2) is 9.84 Å². The first-order valence-electron chi connectivity index (χ1n) is 6.38. The van der Waals surface area contributed by atoms with Gasteiger partial charge in [0, 0.05) is 18.4 Å². The van der Waals surface area contributed by atoms with Crippen molar-refractivity contribution in [3.8, 4) is 0 Å². The fourth-order valence-corrected chi connectivity index (χ4v) is 4.02. The van der Waals surface area contributed by atoms with Gasteiger partial charge in [-0.3, -0.25) is 0 Å². The number of aromatic carboxylic acids is 1. The van der Waals surface area contributed by atoms with Gasteiger partial charge in [0.25, 0.3) is 0 Å². The zero-order valence-corrected chi connectivity index (χ0v) is 12.1. The molecule has 1 aromatic rings. The molecule has 5 nitrogen and oxygen atoms in total. The van der Waals surface area contributed by atoms with E-state index in [1.807, 2.05) is 0 Å². The summed E-state index contributed by atoms with van der Waals surface area (Å²) in [6.07, 6.45) is 2.77. The van der Waals surface area contributed by atoms with Gasteiger partial charge in [-0.05, 0) is 25.3 Å². The number of hydrogen-bond acceptors (Lipinski definition) is 4. The van der Waals surface area contributed by atoms with Gasteiger partial charge in [-0.1, -0.05) is 0 Å². The summed E-state index contributed by atoms with van der Waals surface area (Å²) in [7, 11) is -3.29. The van der Waals surface area contributed by atoms with Crippen LogP contribution in [-0.2, 0) is 9.84 Å². The fraction of sp³-hybridized carbons (Fsp3) is 0.462. The first kappa shape index (κ1) is 15.7. The molecule has 1 aliphatic rings. The lowest BCUT2D eigenvalue weighted by atomic mass is 10.1. The van der Waals surface area contributed by atoms with Crippen molar-refractivity contribution in [2.45, 2.75) is 30.6 Å². The number of carboxylic acids is 1. The molecule has 8 heteroatoms. The Kier molecular flexibility index (Phi) is 4.18. The Balaban J connectivity index is 2.31. The lowest BCUT2D eigenvalue weighted by Crippen LogP contribution is -2.34. The molecule has 0 aromatic heterocycles. The summed E-state index contributed by atoms with van der Waals surface area (Å²) in [6.45, 7) is 0. The minimum atomic E-state index is -3.29. The highest BCUT2D eigenvalue weighted by molar-refractivity contribution is 7.91. The van der Waals surface area contributed by atoms with E-state index in [4.69, 9.17) is 5.11 Å². The van der Waals surface area contributed by atoms with Crippen molar-refractivity contribution in [1.29, 1.82) is 0 Å². The van der Waals surface area contributed by atoms with Crippen LogP contribution in [0.1, 0.15) is 29.6 Å². The molecule has 0 spiro atoms. The molecule has 1 aromatic carbocycles. The predicted octanol–water partition coefficient (Wildman–Crippen LogP) is 2.04. The van der Waals surface area contributed by atoms with Crippen LogP contribution in [0.3, 0.4) is 0 Å². The lowest BCUT2D eigenvalue weighted by molar-refractivity contribution is 0.0692. The molecule has 0 bridgehead atoms. The van der Waals surface area contributed by atoms with Crippen molar-refractivity contribution in [3.63, 3.8) is 0 Å². The highest BCUT2D eigenvalue weighted by Crippen LogP contribution is 2.29. The molecule has 2 N–H and O–H groups in total. The average Bonchev–Trinajstić information content (AvgIpc) is 2.80. The van der Waals surface area contributed by atoms with Crippen molar-refractivity contribution in [2.24, 2.45) is 0 Å². The summed E-state index contributed by atoms with van der Waals surface area (Å²) in [5.41, 5.74) is -0.859. The molecule has 2 unspecified atom stereocenters. The fourth-order valence-electron chi connectivity index (χ4n) is 2.63. The second-order valence-electron chi connectivity index (χ2n) is 5.17. The molecule has 1 fully saturated rings. The number of carbonyl (C=O) groups is 1. The molecule has 21 heavy (non-hydrogen) atoms. The largest absolute Gasteiger partial charge is 0.478 e. The van der Waals surface area contributed by atoms with Crippen LogP contribution in [0.15, 0.2) is 12.1 Å². The Morgan fingerprint density at radius 3 is 2.52 bits per heavy atom. The molecule has 116 valence electrons. The Hall–Kier alpha value is -1.70. The maximum atomic E-state index is 13.7. The Labute approximate surface area is 120 Å². The van der Waals surface area contributed by atoms with Crippen molar-refractivity contribution < 1.29 is 27.1 Å². The summed E-state index contributed by atoms with van der Waals surface area (Å²) in [6, 6.07) is 0.822. The van der Waals surface area contributed by atoms with Crippen molar-refractivity contribution in [1.82, 2.24) is 0 Å². The molecule has 0 aliphatic heterocycles. The first-order valence-corrected chi connectivity index (χ1v) is 8.33. The van der Waals surface area contributed by atoms with E-state index in [1.165, 1.54) is 0 Å². The third-order valence-electron chi connectivity index (χ3n) is 3.63. The molecule has 2 rings (SSSR count). The number of sulfone groups is 1.